The summed E-state index contributed by atoms with van der Waals surface area (Å²) in [4.78, 5) is 16.9. The predicted molar refractivity (Wildman–Crippen MR) is 77.4 cm³/mol. The molecule has 20 heavy (non-hydrogen) atoms. The van der Waals surface area contributed by atoms with Crippen molar-refractivity contribution in [1.29, 1.82) is 0 Å². The summed E-state index contributed by atoms with van der Waals surface area (Å²) in [6.07, 6.45) is 6.47. The number of amides is 1. The molecule has 1 amide bonds. The number of carbonyl (C=O) groups is 1. The lowest BCUT2D eigenvalue weighted by molar-refractivity contribution is 0.0639. The molecule has 3 heterocycles. The number of nitrogen functional groups attached to an aromatic ring is 1. The average molecular weight is 277 g/mol. The molecular formula is C14H23N5O. The number of nitrogens with two attached hydrogens (primary N) is 1. The summed E-state index contributed by atoms with van der Waals surface area (Å²) in [5, 5.41) is 4.17. The fourth-order valence-corrected chi connectivity index (χ4v) is 3.36. The Hall–Kier alpha value is -1.56. The zero-order valence-corrected chi connectivity index (χ0v) is 12.1. The molecule has 0 bridgehead atoms. The van der Waals surface area contributed by atoms with Gasteiger partial charge in [-0.25, -0.2) is 0 Å². The molecule has 0 atom stereocenters. The maximum absolute atomic E-state index is 12.4. The number of aryl methyl sites for hydroxylation is 1. The van der Waals surface area contributed by atoms with Crippen LogP contribution >= 0.6 is 0 Å². The van der Waals surface area contributed by atoms with Crippen LogP contribution in [0.25, 0.3) is 0 Å². The number of hydrogen-bond acceptors (Lipinski definition) is 4. The van der Waals surface area contributed by atoms with Crippen LogP contribution in [-0.2, 0) is 7.05 Å². The maximum atomic E-state index is 12.4. The summed E-state index contributed by atoms with van der Waals surface area (Å²) in [6, 6.07) is 0.655. The van der Waals surface area contributed by atoms with E-state index in [1.54, 1.807) is 17.9 Å². The second kappa shape index (κ2) is 5.44. The zero-order valence-electron chi connectivity index (χ0n) is 12.1. The number of nitrogens with zero attached hydrogens (tertiary/aromatic N) is 4. The van der Waals surface area contributed by atoms with Crippen LogP contribution in [0.15, 0.2) is 6.20 Å². The molecule has 0 saturated carbocycles. The Morgan fingerprint density at radius 1 is 1.25 bits per heavy atom. The Kier molecular flexibility index (Phi) is 3.65. The van der Waals surface area contributed by atoms with Crippen molar-refractivity contribution in [2.45, 2.75) is 31.7 Å². The first-order valence-electron chi connectivity index (χ1n) is 7.47. The van der Waals surface area contributed by atoms with Crippen LogP contribution in [0.2, 0.25) is 0 Å². The fourth-order valence-electron chi connectivity index (χ4n) is 3.36. The van der Waals surface area contributed by atoms with E-state index in [1.165, 1.54) is 25.9 Å². The van der Waals surface area contributed by atoms with Gasteiger partial charge in [0.05, 0.1) is 5.69 Å². The molecule has 2 N–H and O–H groups in total. The fraction of sp³-hybridized carbons (Fsp3) is 0.714. The molecule has 3 rings (SSSR count). The summed E-state index contributed by atoms with van der Waals surface area (Å²) < 4.78 is 1.60. The first kappa shape index (κ1) is 13.4. The second-order valence-corrected chi connectivity index (χ2v) is 5.87. The van der Waals surface area contributed by atoms with Crippen molar-refractivity contribution in [3.8, 4) is 0 Å². The van der Waals surface area contributed by atoms with Gasteiger partial charge in [0.15, 0.2) is 5.69 Å². The molecule has 1 aromatic heterocycles. The van der Waals surface area contributed by atoms with E-state index in [-0.39, 0.29) is 5.91 Å². The van der Waals surface area contributed by atoms with Crippen LogP contribution in [0, 0.1) is 0 Å². The number of likely N-dealkylation sites (tertiary alicyclic amines) is 2. The molecule has 2 saturated heterocycles. The number of piperidine rings is 1. The Balaban J connectivity index is 1.60. The van der Waals surface area contributed by atoms with Crippen LogP contribution in [0.3, 0.4) is 0 Å². The van der Waals surface area contributed by atoms with Gasteiger partial charge >= 0.3 is 0 Å². The first-order valence-corrected chi connectivity index (χ1v) is 7.47. The van der Waals surface area contributed by atoms with E-state index in [0.717, 1.165) is 25.9 Å². The lowest BCUT2D eigenvalue weighted by Gasteiger charge is -2.36. The van der Waals surface area contributed by atoms with Crippen molar-refractivity contribution in [3.05, 3.63) is 11.9 Å². The molecular weight excluding hydrogens is 254 g/mol. The third-order valence-electron chi connectivity index (χ3n) is 4.47. The van der Waals surface area contributed by atoms with Crippen molar-refractivity contribution in [2.75, 3.05) is 31.9 Å². The third-order valence-corrected chi connectivity index (χ3v) is 4.47. The smallest absolute Gasteiger partial charge is 0.276 e. The molecule has 0 spiro atoms. The van der Waals surface area contributed by atoms with Gasteiger partial charge in [0.2, 0.25) is 0 Å². The van der Waals surface area contributed by atoms with E-state index in [2.05, 4.69) is 10.00 Å². The summed E-state index contributed by atoms with van der Waals surface area (Å²) in [6.45, 7) is 4.09. The highest BCUT2D eigenvalue weighted by Gasteiger charge is 2.30. The van der Waals surface area contributed by atoms with Crippen molar-refractivity contribution < 1.29 is 4.79 Å². The van der Waals surface area contributed by atoms with Crippen LogP contribution < -0.4 is 5.73 Å². The minimum Gasteiger partial charge on any atom is -0.396 e. The van der Waals surface area contributed by atoms with Gasteiger partial charge in [-0.05, 0) is 38.8 Å². The first-order chi connectivity index (χ1) is 9.65. The minimum atomic E-state index is -0.0250. The third kappa shape index (κ3) is 2.52. The summed E-state index contributed by atoms with van der Waals surface area (Å²) >= 11 is 0. The van der Waals surface area contributed by atoms with Gasteiger partial charge in [0.1, 0.15) is 0 Å². The van der Waals surface area contributed by atoms with Gasteiger partial charge in [-0.2, -0.15) is 5.10 Å². The van der Waals surface area contributed by atoms with Gasteiger partial charge in [-0.1, -0.05) is 0 Å². The second-order valence-electron chi connectivity index (χ2n) is 5.87. The van der Waals surface area contributed by atoms with Crippen LogP contribution in [0.5, 0.6) is 0 Å². The average Bonchev–Trinajstić information content (AvgIpc) is 3.08. The highest BCUT2D eigenvalue weighted by Crippen LogP contribution is 2.22. The number of aromatic nitrogens is 2. The Labute approximate surface area is 119 Å². The van der Waals surface area contributed by atoms with Gasteiger partial charge in [-0.3, -0.25) is 9.48 Å². The molecule has 0 radical (unpaired) electrons. The highest BCUT2D eigenvalue weighted by molar-refractivity contribution is 5.97. The Morgan fingerprint density at radius 2 is 1.90 bits per heavy atom. The molecule has 0 unspecified atom stereocenters. The number of rotatable bonds is 2. The Bertz CT molecular complexity index is 484. The monoisotopic (exact) mass is 277 g/mol. The normalized spacial score (nSPS) is 21.6. The van der Waals surface area contributed by atoms with E-state index >= 15 is 0 Å². The van der Waals surface area contributed by atoms with E-state index in [4.69, 9.17) is 5.73 Å². The molecule has 2 aliphatic heterocycles. The van der Waals surface area contributed by atoms with Gasteiger partial charge < -0.3 is 15.5 Å². The predicted octanol–water partition coefficient (Wildman–Crippen LogP) is 0.703. The van der Waals surface area contributed by atoms with E-state index in [9.17, 15) is 4.79 Å². The molecule has 6 heteroatoms. The zero-order chi connectivity index (χ0) is 14.1. The minimum absolute atomic E-state index is 0.0250. The van der Waals surface area contributed by atoms with Gasteiger partial charge in [0.25, 0.3) is 5.91 Å². The topological polar surface area (TPSA) is 67.4 Å². The molecule has 2 fully saturated rings. The van der Waals surface area contributed by atoms with Crippen LogP contribution in [0.4, 0.5) is 5.69 Å². The SMILES string of the molecule is Cn1cc(N)c(C(=O)N2CCC(N3CCCC3)CC2)n1. The van der Waals surface area contributed by atoms with E-state index in [0.29, 0.717) is 17.4 Å². The number of hydrogen-bond donors (Lipinski definition) is 1. The standard InChI is InChI=1S/C14H23N5O/c1-17-10-12(15)13(16-17)14(20)19-8-4-11(5-9-19)18-6-2-3-7-18/h10-11H,2-9,15H2,1H3. The Morgan fingerprint density at radius 3 is 2.45 bits per heavy atom. The quantitative estimate of drug-likeness (QED) is 0.864. The van der Waals surface area contributed by atoms with Gasteiger partial charge in [-0.15, -0.1) is 0 Å². The molecule has 2 aliphatic rings. The number of carbonyl (C=O) groups excluding carboxylic acids is 1. The summed E-state index contributed by atoms with van der Waals surface area (Å²) in [5.41, 5.74) is 6.70. The maximum Gasteiger partial charge on any atom is 0.276 e. The summed E-state index contributed by atoms with van der Waals surface area (Å²) in [5.74, 6) is -0.0250. The molecule has 0 aliphatic carbocycles. The highest BCUT2D eigenvalue weighted by atomic mass is 16.2. The van der Waals surface area contributed by atoms with E-state index < -0.39 is 0 Å². The van der Waals surface area contributed by atoms with Crippen molar-refractivity contribution in [2.24, 2.45) is 7.05 Å². The van der Waals surface area contributed by atoms with Gasteiger partial charge in [0, 0.05) is 32.4 Å². The van der Waals surface area contributed by atoms with Crippen molar-refractivity contribution >= 4 is 11.6 Å². The summed E-state index contributed by atoms with van der Waals surface area (Å²) in [7, 11) is 1.78. The lowest BCUT2D eigenvalue weighted by atomic mass is 10.0. The van der Waals surface area contributed by atoms with Crippen LogP contribution in [-0.4, -0.2) is 57.7 Å². The number of anilines is 1. The van der Waals surface area contributed by atoms with Crippen molar-refractivity contribution in [3.63, 3.8) is 0 Å². The molecule has 1 aromatic rings. The largest absolute Gasteiger partial charge is 0.396 e. The van der Waals surface area contributed by atoms with Crippen molar-refractivity contribution in [1.82, 2.24) is 19.6 Å². The molecule has 110 valence electrons. The van der Waals surface area contributed by atoms with E-state index in [1.807, 2.05) is 4.90 Å². The molecule has 6 nitrogen and oxygen atoms in total. The lowest BCUT2D eigenvalue weighted by Crippen LogP contribution is -2.46. The van der Waals surface area contributed by atoms with Crippen LogP contribution in [0.1, 0.15) is 36.2 Å². The molecule has 0 aromatic carbocycles.